The topological polar surface area (TPSA) is 41.2 Å². The molecule has 4 nitrogen and oxygen atoms in total. The minimum atomic E-state index is 0.0661. The smallest absolute Gasteiger partial charge is 0.0697 e. The van der Waals surface area contributed by atoms with E-state index in [9.17, 15) is 0 Å². The van der Waals surface area contributed by atoms with Crippen LogP contribution >= 0.6 is 0 Å². The zero-order valence-corrected chi connectivity index (χ0v) is 17.7. The Kier molecular flexibility index (Phi) is 5.56. The highest BCUT2D eigenvalue weighted by atomic mass is 16.5. The first-order chi connectivity index (χ1) is 12.1. The lowest BCUT2D eigenvalue weighted by Gasteiger charge is -2.38. The molecular weight excluding hydrogens is 322 g/mol. The molecule has 0 bridgehead atoms. The Hall–Kier alpha value is -0.870. The van der Waals surface area contributed by atoms with Crippen molar-refractivity contribution in [3.05, 3.63) is 23.9 Å². The molecule has 147 valence electrons. The molecule has 1 radical (unpaired) electrons. The molecule has 1 aliphatic heterocycles. The maximum atomic E-state index is 6.46. The van der Waals surface area contributed by atoms with Gasteiger partial charge < -0.3 is 9.64 Å². The quantitative estimate of drug-likeness (QED) is 0.796. The number of hydrogen-bond donors (Lipinski definition) is 1. The monoisotopic (exact) mass is 360 g/mol. The average molecular weight is 361 g/mol. The van der Waals surface area contributed by atoms with E-state index < -0.39 is 0 Å². The average Bonchev–Trinajstić information content (AvgIpc) is 3.10. The fourth-order valence-electron chi connectivity index (χ4n) is 4.58. The van der Waals surface area contributed by atoms with Crippen molar-refractivity contribution < 1.29 is 4.74 Å². The Morgan fingerprint density at radius 3 is 2.50 bits per heavy atom. The number of ether oxygens (including phenoxy) is 1. The van der Waals surface area contributed by atoms with E-state index in [-0.39, 0.29) is 16.6 Å². The molecule has 0 amide bonds. The molecule has 1 N–H and O–H groups in total. The Balaban J connectivity index is 1.56. The van der Waals surface area contributed by atoms with Crippen LogP contribution in [0.4, 0.5) is 0 Å². The summed E-state index contributed by atoms with van der Waals surface area (Å²) >= 11 is 0. The van der Waals surface area contributed by atoms with Gasteiger partial charge in [0.2, 0.25) is 0 Å². The third-order valence-electron chi connectivity index (χ3n) is 6.17. The summed E-state index contributed by atoms with van der Waals surface area (Å²) in [5.41, 5.74) is 3.13. The van der Waals surface area contributed by atoms with E-state index in [1.165, 1.54) is 49.8 Å². The van der Waals surface area contributed by atoms with Crippen molar-refractivity contribution in [2.75, 3.05) is 13.6 Å². The molecule has 1 aromatic rings. The van der Waals surface area contributed by atoms with Crippen LogP contribution in [0.25, 0.3) is 0 Å². The van der Waals surface area contributed by atoms with Crippen LogP contribution < -0.4 is 0 Å². The van der Waals surface area contributed by atoms with Crippen LogP contribution in [0.2, 0.25) is 0 Å². The van der Waals surface area contributed by atoms with Gasteiger partial charge in [0.25, 0.3) is 0 Å². The highest BCUT2D eigenvalue weighted by Gasteiger charge is 2.46. The van der Waals surface area contributed by atoms with Gasteiger partial charge in [-0.25, -0.2) is 0 Å². The molecule has 0 atom stereocenters. The molecule has 1 aliphatic carbocycles. The first kappa shape index (κ1) is 19.9. The lowest BCUT2D eigenvalue weighted by Crippen LogP contribution is -2.36. The van der Waals surface area contributed by atoms with Crippen LogP contribution in [0.15, 0.2) is 6.20 Å². The Morgan fingerprint density at radius 1 is 1.23 bits per heavy atom. The van der Waals surface area contributed by atoms with Crippen molar-refractivity contribution in [2.24, 2.45) is 5.41 Å². The number of aromatic nitrogens is 2. The summed E-state index contributed by atoms with van der Waals surface area (Å²) in [7, 11) is 2.20. The summed E-state index contributed by atoms with van der Waals surface area (Å²) in [6.45, 7) is 13.2. The van der Waals surface area contributed by atoms with Crippen LogP contribution in [0, 0.1) is 11.8 Å². The van der Waals surface area contributed by atoms with E-state index in [0.29, 0.717) is 5.92 Å². The Morgan fingerprint density at radius 2 is 1.92 bits per heavy atom. The predicted octanol–water partition coefficient (Wildman–Crippen LogP) is 5.08. The van der Waals surface area contributed by atoms with E-state index >= 15 is 0 Å². The highest BCUT2D eigenvalue weighted by Crippen LogP contribution is 2.49. The first-order valence-electron chi connectivity index (χ1n) is 10.3. The number of nitrogens with zero attached hydrogens (tertiary/aromatic N) is 2. The van der Waals surface area contributed by atoms with Gasteiger partial charge in [-0.05, 0) is 71.3 Å². The first-order valence-corrected chi connectivity index (χ1v) is 10.3. The Bertz CT molecular complexity index is 591. The second-order valence-corrected chi connectivity index (χ2v) is 10.4. The molecule has 26 heavy (non-hydrogen) atoms. The normalized spacial score (nSPS) is 29.0. The molecule has 1 saturated carbocycles. The van der Waals surface area contributed by atoms with Gasteiger partial charge in [-0.2, -0.15) is 5.10 Å². The van der Waals surface area contributed by atoms with Gasteiger partial charge in [0.1, 0.15) is 0 Å². The molecule has 0 unspecified atom stereocenters. The fraction of sp³-hybridized carbons (Fsp3) is 0.818. The SMILES string of the molecule is CN(C[CH]C(C)(C)C)Cc1c[nH]nc1C1CCC2(CC1)CCC(C)(C)O2. The highest BCUT2D eigenvalue weighted by molar-refractivity contribution is 5.22. The number of rotatable bonds is 5. The zero-order valence-electron chi connectivity index (χ0n) is 17.7. The third kappa shape index (κ3) is 4.89. The van der Waals surface area contributed by atoms with Crippen molar-refractivity contribution in [1.29, 1.82) is 0 Å². The molecule has 4 heteroatoms. The van der Waals surface area contributed by atoms with Gasteiger partial charge in [0.15, 0.2) is 0 Å². The standard InChI is InChI=1S/C22H38N3O/c1-20(2,3)13-14-25(6)16-18-15-23-24-19(18)17-7-9-22(10-8-17)12-11-21(4,5)26-22/h13,15,17H,7-12,14,16H2,1-6H3,(H,23,24). The van der Waals surface area contributed by atoms with Crippen LogP contribution in [0.5, 0.6) is 0 Å². The van der Waals surface area contributed by atoms with Crippen molar-refractivity contribution in [3.63, 3.8) is 0 Å². The summed E-state index contributed by atoms with van der Waals surface area (Å²) in [6, 6.07) is 0. The maximum Gasteiger partial charge on any atom is 0.0697 e. The summed E-state index contributed by atoms with van der Waals surface area (Å²) in [5, 5.41) is 7.77. The third-order valence-corrected chi connectivity index (χ3v) is 6.17. The maximum absolute atomic E-state index is 6.46. The molecule has 1 spiro atoms. The predicted molar refractivity (Wildman–Crippen MR) is 107 cm³/mol. The van der Waals surface area contributed by atoms with Crippen LogP contribution in [0.1, 0.15) is 90.3 Å². The zero-order chi connectivity index (χ0) is 19.0. The fourth-order valence-corrected chi connectivity index (χ4v) is 4.58. The number of aromatic amines is 1. The van der Waals surface area contributed by atoms with Gasteiger partial charge in [0.05, 0.1) is 16.9 Å². The molecule has 0 aromatic carbocycles. The van der Waals surface area contributed by atoms with Crippen molar-refractivity contribution >= 4 is 0 Å². The lowest BCUT2D eigenvalue weighted by molar-refractivity contribution is -0.105. The summed E-state index contributed by atoms with van der Waals surface area (Å²) in [6.07, 6.45) is 11.7. The second kappa shape index (κ2) is 7.27. The van der Waals surface area contributed by atoms with Gasteiger partial charge >= 0.3 is 0 Å². The molecule has 2 aliphatic rings. The molecule has 3 rings (SSSR count). The Labute approximate surface area is 160 Å². The van der Waals surface area contributed by atoms with E-state index in [0.717, 1.165) is 13.1 Å². The van der Waals surface area contributed by atoms with Gasteiger partial charge in [-0.3, -0.25) is 5.10 Å². The van der Waals surface area contributed by atoms with Crippen LogP contribution in [-0.4, -0.2) is 39.9 Å². The van der Waals surface area contributed by atoms with E-state index in [1.807, 2.05) is 0 Å². The van der Waals surface area contributed by atoms with Gasteiger partial charge in [-0.15, -0.1) is 0 Å². The van der Waals surface area contributed by atoms with Gasteiger partial charge in [-0.1, -0.05) is 20.8 Å². The number of H-pyrrole nitrogens is 1. The lowest BCUT2D eigenvalue weighted by atomic mass is 9.75. The van der Waals surface area contributed by atoms with Crippen molar-refractivity contribution in [2.45, 2.75) is 96.8 Å². The van der Waals surface area contributed by atoms with E-state index in [2.05, 4.69) is 69.4 Å². The molecule has 2 heterocycles. The van der Waals surface area contributed by atoms with Gasteiger partial charge in [0, 0.05) is 30.8 Å². The summed E-state index contributed by atoms with van der Waals surface area (Å²) in [5.74, 6) is 0.578. The molecule has 1 aromatic heterocycles. The second-order valence-electron chi connectivity index (χ2n) is 10.4. The van der Waals surface area contributed by atoms with E-state index in [1.54, 1.807) is 0 Å². The van der Waals surface area contributed by atoms with E-state index in [4.69, 9.17) is 4.74 Å². The molecule has 2 fully saturated rings. The number of nitrogens with one attached hydrogen (secondary N) is 1. The van der Waals surface area contributed by atoms with Crippen LogP contribution in [0.3, 0.4) is 0 Å². The molecular formula is C22H38N3O. The van der Waals surface area contributed by atoms with Crippen LogP contribution in [-0.2, 0) is 11.3 Å². The molecule has 1 saturated heterocycles. The summed E-state index contributed by atoms with van der Waals surface area (Å²) < 4.78 is 6.46. The largest absolute Gasteiger partial charge is 0.369 e. The van der Waals surface area contributed by atoms with Crippen molar-refractivity contribution in [3.8, 4) is 0 Å². The minimum Gasteiger partial charge on any atom is -0.369 e. The minimum absolute atomic E-state index is 0.0661. The van der Waals surface area contributed by atoms with Crippen molar-refractivity contribution in [1.82, 2.24) is 15.1 Å². The summed E-state index contributed by atoms with van der Waals surface area (Å²) in [4.78, 5) is 2.38. The number of hydrogen-bond acceptors (Lipinski definition) is 3.